The molecule has 1 amide bonds. The van der Waals surface area contributed by atoms with Crippen LogP contribution in [0.4, 0.5) is 0 Å². The summed E-state index contributed by atoms with van der Waals surface area (Å²) in [7, 11) is 0. The number of hydrogen-bond acceptors (Lipinski definition) is 3. The van der Waals surface area contributed by atoms with Crippen molar-refractivity contribution in [2.75, 3.05) is 0 Å². The molecule has 5 heteroatoms. The minimum absolute atomic E-state index is 0.409. The van der Waals surface area contributed by atoms with Crippen molar-refractivity contribution in [1.29, 1.82) is 0 Å². The normalized spacial score (nSPS) is 12.9. The topological polar surface area (TPSA) is 75.4 Å². The Morgan fingerprint density at radius 3 is 2.62 bits per heavy atom. The molecular formula is C3H7N2O2Se. The molecule has 0 aromatic rings. The van der Waals surface area contributed by atoms with Crippen LogP contribution in [0.1, 0.15) is 0 Å². The molecule has 0 saturated heterocycles. The van der Waals surface area contributed by atoms with E-state index in [0.717, 1.165) is 0 Å². The van der Waals surface area contributed by atoms with Crippen molar-refractivity contribution < 1.29 is 10.0 Å². The van der Waals surface area contributed by atoms with Gasteiger partial charge in [-0.2, -0.15) is 0 Å². The molecule has 0 aromatic carbocycles. The van der Waals surface area contributed by atoms with E-state index >= 15 is 0 Å². The van der Waals surface area contributed by atoms with Crippen LogP contribution in [0, 0.1) is 0 Å². The van der Waals surface area contributed by atoms with E-state index in [4.69, 9.17) is 10.9 Å². The second kappa shape index (κ2) is 3.86. The second-order valence-electron chi connectivity index (χ2n) is 1.25. The Balaban J connectivity index is 3.46. The van der Waals surface area contributed by atoms with E-state index in [1.807, 2.05) is 0 Å². The molecule has 0 aliphatic carbocycles. The van der Waals surface area contributed by atoms with Crippen molar-refractivity contribution in [2.24, 2.45) is 5.73 Å². The third-order valence-corrected chi connectivity index (χ3v) is 1.38. The summed E-state index contributed by atoms with van der Waals surface area (Å²) in [6, 6.07) is -0.639. The van der Waals surface area contributed by atoms with Crippen LogP contribution in [0.25, 0.3) is 0 Å². The van der Waals surface area contributed by atoms with Gasteiger partial charge in [-0.15, -0.1) is 0 Å². The fourth-order valence-electron chi connectivity index (χ4n) is 0.159. The fourth-order valence-corrected chi connectivity index (χ4v) is 0.476. The van der Waals surface area contributed by atoms with Crippen molar-refractivity contribution in [3.8, 4) is 0 Å². The molecular weight excluding hydrogens is 175 g/mol. The molecule has 4 N–H and O–H groups in total. The van der Waals surface area contributed by atoms with E-state index in [2.05, 4.69) is 16.0 Å². The van der Waals surface area contributed by atoms with Crippen LogP contribution < -0.4 is 11.2 Å². The molecule has 0 heterocycles. The Hall–Kier alpha value is -0.0905. The van der Waals surface area contributed by atoms with Gasteiger partial charge in [0, 0.05) is 0 Å². The molecule has 0 rings (SSSR count). The van der Waals surface area contributed by atoms with E-state index in [-0.39, 0.29) is 0 Å². The second-order valence-corrected chi connectivity index (χ2v) is 1.95. The summed E-state index contributed by atoms with van der Waals surface area (Å²) in [5.41, 5.74) is 6.56. The molecule has 1 radical (unpaired) electrons. The number of carbonyl (C=O) groups is 1. The average Bonchev–Trinajstić information content (AvgIpc) is 1.84. The van der Waals surface area contributed by atoms with Crippen molar-refractivity contribution >= 4 is 21.9 Å². The van der Waals surface area contributed by atoms with Gasteiger partial charge < -0.3 is 0 Å². The summed E-state index contributed by atoms with van der Waals surface area (Å²) in [6.45, 7) is 0. The van der Waals surface area contributed by atoms with Crippen LogP contribution in [0.3, 0.4) is 0 Å². The maximum atomic E-state index is 10.2. The number of hydroxylamine groups is 1. The molecule has 4 nitrogen and oxygen atoms in total. The summed E-state index contributed by atoms with van der Waals surface area (Å²) < 4.78 is 0. The third kappa shape index (κ3) is 2.28. The van der Waals surface area contributed by atoms with Gasteiger partial charge in [-0.05, 0) is 0 Å². The number of carbonyl (C=O) groups excluding carboxylic acids is 1. The molecule has 0 bridgehead atoms. The van der Waals surface area contributed by atoms with Gasteiger partial charge in [-0.3, -0.25) is 0 Å². The zero-order valence-corrected chi connectivity index (χ0v) is 5.84. The fraction of sp³-hybridized carbons (Fsp3) is 0.667. The summed E-state index contributed by atoms with van der Waals surface area (Å²) >= 11 is 2.56. The van der Waals surface area contributed by atoms with E-state index < -0.39 is 11.9 Å². The molecule has 0 saturated carbocycles. The van der Waals surface area contributed by atoms with Gasteiger partial charge in [0.15, 0.2) is 0 Å². The Bertz CT molecular complexity index is 87.4. The Kier molecular flexibility index (Phi) is 3.81. The molecule has 47 valence electrons. The number of rotatable bonds is 2. The van der Waals surface area contributed by atoms with Crippen LogP contribution in [0.15, 0.2) is 0 Å². The zero-order valence-electron chi connectivity index (χ0n) is 4.13. The van der Waals surface area contributed by atoms with Crippen LogP contribution >= 0.6 is 0 Å². The number of nitrogens with two attached hydrogens (primary N) is 1. The summed E-state index contributed by atoms with van der Waals surface area (Å²) in [4.78, 5) is 10.2. The van der Waals surface area contributed by atoms with Crippen LogP contribution in [-0.2, 0) is 4.79 Å². The summed E-state index contributed by atoms with van der Waals surface area (Å²) in [5.74, 6) is -0.566. The van der Waals surface area contributed by atoms with Crippen LogP contribution in [-0.4, -0.2) is 33.2 Å². The number of nitrogens with one attached hydrogen (secondary N) is 1. The molecule has 0 fully saturated rings. The van der Waals surface area contributed by atoms with Crippen molar-refractivity contribution in [1.82, 2.24) is 5.48 Å². The van der Waals surface area contributed by atoms with Gasteiger partial charge in [-0.1, -0.05) is 0 Å². The monoisotopic (exact) mass is 183 g/mol. The predicted molar refractivity (Wildman–Crippen MR) is 28.5 cm³/mol. The van der Waals surface area contributed by atoms with Crippen molar-refractivity contribution in [2.45, 2.75) is 11.4 Å². The van der Waals surface area contributed by atoms with E-state index in [0.29, 0.717) is 5.32 Å². The van der Waals surface area contributed by atoms with Crippen molar-refractivity contribution in [3.63, 3.8) is 0 Å². The van der Waals surface area contributed by atoms with E-state index in [1.165, 1.54) is 5.48 Å². The summed E-state index contributed by atoms with van der Waals surface area (Å²) in [5, 5.41) is 8.35. The first-order valence-corrected chi connectivity index (χ1v) is 3.21. The Labute approximate surface area is 55.2 Å². The Morgan fingerprint density at radius 2 is 2.50 bits per heavy atom. The minimum atomic E-state index is -0.639. The summed E-state index contributed by atoms with van der Waals surface area (Å²) in [6.07, 6.45) is 0. The quantitative estimate of drug-likeness (QED) is 0.273. The van der Waals surface area contributed by atoms with E-state index in [9.17, 15) is 4.79 Å². The van der Waals surface area contributed by atoms with Gasteiger partial charge in [0.1, 0.15) is 0 Å². The molecule has 8 heavy (non-hydrogen) atoms. The SMILES string of the molecule is N[C@@H](C[Se])C(=O)NO. The number of amides is 1. The first-order valence-electron chi connectivity index (χ1n) is 2.00. The van der Waals surface area contributed by atoms with Gasteiger partial charge in [0.05, 0.1) is 0 Å². The van der Waals surface area contributed by atoms with Crippen LogP contribution in [0.5, 0.6) is 0 Å². The third-order valence-electron chi connectivity index (χ3n) is 0.627. The van der Waals surface area contributed by atoms with Crippen molar-refractivity contribution in [3.05, 3.63) is 0 Å². The van der Waals surface area contributed by atoms with Gasteiger partial charge in [0.2, 0.25) is 0 Å². The average molecular weight is 182 g/mol. The number of hydrogen-bond donors (Lipinski definition) is 3. The first kappa shape index (κ1) is 7.91. The molecule has 0 aliphatic heterocycles. The van der Waals surface area contributed by atoms with E-state index in [1.54, 1.807) is 0 Å². The molecule has 0 spiro atoms. The van der Waals surface area contributed by atoms with Gasteiger partial charge >= 0.3 is 54.5 Å². The first-order chi connectivity index (χ1) is 3.72. The van der Waals surface area contributed by atoms with Gasteiger partial charge in [0.25, 0.3) is 0 Å². The predicted octanol–water partition coefficient (Wildman–Crippen LogP) is -1.59. The standard InChI is InChI=1S/C3H7N2O2Se/c4-2(1-8)3(6)5-7/h2,7H,1,4H2,(H,5,6)/t2-/m0/s1. The van der Waals surface area contributed by atoms with Crippen LogP contribution in [0.2, 0.25) is 5.32 Å². The Morgan fingerprint density at radius 1 is 2.00 bits per heavy atom. The van der Waals surface area contributed by atoms with Gasteiger partial charge in [-0.25, -0.2) is 0 Å². The molecule has 0 aliphatic rings. The molecule has 0 unspecified atom stereocenters. The maximum absolute atomic E-state index is 10.2. The molecule has 0 aromatic heterocycles. The molecule has 1 atom stereocenters. The zero-order chi connectivity index (χ0) is 6.57.